The van der Waals surface area contributed by atoms with Gasteiger partial charge >= 0.3 is 0 Å². The maximum absolute atomic E-state index is 12.4. The number of rotatable bonds is 3. The second kappa shape index (κ2) is 2.86. The minimum Gasteiger partial charge on any atom is -0.209 e. The fraction of sp³-hybridized carbons (Fsp3) is 0.571. The van der Waals surface area contributed by atoms with Gasteiger partial charge < -0.3 is 0 Å². The van der Waals surface area contributed by atoms with Gasteiger partial charge in [0.05, 0.1) is 5.41 Å². The summed E-state index contributed by atoms with van der Waals surface area (Å²) in [5, 5.41) is 10.8. The number of hydrogen-bond donors (Lipinski definition) is 0. The Morgan fingerprint density at radius 3 is 2.46 bits per heavy atom. The molecule has 0 N–H and O–H groups in total. The number of alkyl halides is 2. The highest BCUT2D eigenvalue weighted by Gasteiger charge is 2.50. The Balaban J connectivity index is 2.06. The van der Waals surface area contributed by atoms with E-state index in [1.54, 1.807) is 0 Å². The van der Waals surface area contributed by atoms with Crippen molar-refractivity contribution in [3.63, 3.8) is 0 Å². The summed E-state index contributed by atoms with van der Waals surface area (Å²) in [4.78, 5) is 0. The molecule has 0 spiro atoms. The SMILES string of the molecule is FC(F)C1(/C=N/n2cnnc2)CC1. The fourth-order valence-electron chi connectivity index (χ4n) is 0.985. The van der Waals surface area contributed by atoms with Crippen LogP contribution in [0.2, 0.25) is 0 Å². The molecule has 1 aromatic rings. The van der Waals surface area contributed by atoms with Crippen molar-refractivity contribution in [2.45, 2.75) is 19.3 Å². The molecule has 2 rings (SSSR count). The van der Waals surface area contributed by atoms with Gasteiger partial charge in [0, 0.05) is 6.21 Å². The highest BCUT2D eigenvalue weighted by Crippen LogP contribution is 2.48. The van der Waals surface area contributed by atoms with E-state index in [2.05, 4.69) is 15.3 Å². The van der Waals surface area contributed by atoms with Crippen molar-refractivity contribution in [3.8, 4) is 0 Å². The van der Waals surface area contributed by atoms with Gasteiger partial charge in [0.15, 0.2) is 0 Å². The van der Waals surface area contributed by atoms with Crippen LogP contribution in [0, 0.1) is 5.41 Å². The molecule has 0 aliphatic heterocycles. The average molecular weight is 186 g/mol. The zero-order valence-corrected chi connectivity index (χ0v) is 6.77. The molecule has 1 aliphatic carbocycles. The van der Waals surface area contributed by atoms with E-state index in [1.165, 1.54) is 23.5 Å². The van der Waals surface area contributed by atoms with Crippen molar-refractivity contribution in [2.75, 3.05) is 0 Å². The van der Waals surface area contributed by atoms with Crippen molar-refractivity contribution in [2.24, 2.45) is 10.5 Å². The molecule has 0 atom stereocenters. The van der Waals surface area contributed by atoms with E-state index in [0.717, 1.165) is 0 Å². The molecule has 13 heavy (non-hydrogen) atoms. The molecule has 0 aromatic carbocycles. The molecule has 1 aliphatic rings. The Morgan fingerprint density at radius 1 is 1.38 bits per heavy atom. The van der Waals surface area contributed by atoms with E-state index in [1.807, 2.05) is 0 Å². The Hall–Kier alpha value is -1.33. The zero-order valence-electron chi connectivity index (χ0n) is 6.77. The van der Waals surface area contributed by atoms with Crippen LogP contribution in [-0.2, 0) is 0 Å². The van der Waals surface area contributed by atoms with Crippen LogP contribution in [-0.4, -0.2) is 27.5 Å². The van der Waals surface area contributed by atoms with Gasteiger partial charge in [0.1, 0.15) is 12.7 Å². The van der Waals surface area contributed by atoms with E-state index >= 15 is 0 Å². The average Bonchev–Trinajstić information content (AvgIpc) is 2.73. The Bertz CT molecular complexity index is 302. The third-order valence-electron chi connectivity index (χ3n) is 2.12. The molecule has 0 radical (unpaired) electrons. The zero-order chi connectivity index (χ0) is 9.31. The first-order valence-electron chi connectivity index (χ1n) is 3.91. The van der Waals surface area contributed by atoms with Crippen molar-refractivity contribution in [1.82, 2.24) is 14.9 Å². The first-order chi connectivity index (χ1) is 6.23. The number of halogens is 2. The quantitative estimate of drug-likeness (QED) is 0.665. The minimum absolute atomic E-state index is 0.510. The third kappa shape index (κ3) is 1.56. The van der Waals surface area contributed by atoms with Crippen molar-refractivity contribution in [1.29, 1.82) is 0 Å². The van der Waals surface area contributed by atoms with Crippen LogP contribution in [0.15, 0.2) is 17.8 Å². The molecule has 4 nitrogen and oxygen atoms in total. The molecule has 1 heterocycles. The van der Waals surface area contributed by atoms with Crippen LogP contribution in [0.25, 0.3) is 0 Å². The number of hydrogen-bond acceptors (Lipinski definition) is 3. The summed E-state index contributed by atoms with van der Waals surface area (Å²) >= 11 is 0. The van der Waals surface area contributed by atoms with Crippen LogP contribution in [0.4, 0.5) is 8.78 Å². The van der Waals surface area contributed by atoms with Gasteiger partial charge in [0.2, 0.25) is 6.43 Å². The predicted molar refractivity (Wildman–Crippen MR) is 41.6 cm³/mol. The van der Waals surface area contributed by atoms with Gasteiger partial charge in [0.25, 0.3) is 0 Å². The van der Waals surface area contributed by atoms with Crippen molar-refractivity contribution >= 4 is 6.21 Å². The summed E-state index contributed by atoms with van der Waals surface area (Å²) < 4.78 is 26.1. The van der Waals surface area contributed by atoms with E-state index in [0.29, 0.717) is 12.8 Å². The summed E-state index contributed by atoms with van der Waals surface area (Å²) in [7, 11) is 0. The van der Waals surface area contributed by atoms with Crippen LogP contribution in [0.5, 0.6) is 0 Å². The lowest BCUT2D eigenvalue weighted by atomic mass is 10.1. The molecule has 6 heteroatoms. The molecule has 1 saturated carbocycles. The number of nitrogens with zero attached hydrogens (tertiary/aromatic N) is 4. The van der Waals surface area contributed by atoms with Crippen LogP contribution < -0.4 is 0 Å². The van der Waals surface area contributed by atoms with Gasteiger partial charge in [-0.15, -0.1) is 10.2 Å². The molecule has 1 aromatic heterocycles. The Labute approximate surface area is 73.3 Å². The molecular weight excluding hydrogens is 178 g/mol. The first-order valence-corrected chi connectivity index (χ1v) is 3.91. The lowest BCUT2D eigenvalue weighted by Crippen LogP contribution is -2.14. The second-order valence-corrected chi connectivity index (χ2v) is 3.12. The largest absolute Gasteiger partial charge is 0.249 e. The highest BCUT2D eigenvalue weighted by molar-refractivity contribution is 5.69. The molecule has 0 bridgehead atoms. The predicted octanol–water partition coefficient (Wildman–Crippen LogP) is 1.16. The lowest BCUT2D eigenvalue weighted by Gasteiger charge is -2.05. The van der Waals surface area contributed by atoms with E-state index in [9.17, 15) is 8.78 Å². The van der Waals surface area contributed by atoms with Gasteiger partial charge in [-0.1, -0.05) is 0 Å². The van der Waals surface area contributed by atoms with Gasteiger partial charge in [-0.2, -0.15) is 5.10 Å². The smallest absolute Gasteiger partial charge is 0.209 e. The third-order valence-corrected chi connectivity index (χ3v) is 2.12. The molecule has 1 fully saturated rings. The second-order valence-electron chi connectivity index (χ2n) is 3.12. The van der Waals surface area contributed by atoms with E-state index < -0.39 is 11.8 Å². The van der Waals surface area contributed by atoms with Crippen molar-refractivity contribution in [3.05, 3.63) is 12.7 Å². The number of aromatic nitrogens is 3. The Morgan fingerprint density at radius 2 is 2.00 bits per heavy atom. The summed E-state index contributed by atoms with van der Waals surface area (Å²) in [5.41, 5.74) is -0.982. The van der Waals surface area contributed by atoms with Gasteiger partial charge in [-0.25, -0.2) is 13.5 Å². The summed E-state index contributed by atoms with van der Waals surface area (Å²) in [6.45, 7) is 0. The monoisotopic (exact) mass is 186 g/mol. The molecule has 0 unspecified atom stereocenters. The minimum atomic E-state index is -2.33. The topological polar surface area (TPSA) is 43.1 Å². The maximum atomic E-state index is 12.4. The normalized spacial score (nSPS) is 19.9. The van der Waals surface area contributed by atoms with E-state index in [-0.39, 0.29) is 0 Å². The van der Waals surface area contributed by atoms with E-state index in [4.69, 9.17) is 0 Å². The fourth-order valence-corrected chi connectivity index (χ4v) is 0.985. The standard InChI is InChI=1S/C7H8F2N4/c8-6(9)7(1-2-7)3-12-13-4-10-11-5-13/h3-6H,1-2H2/b12-3+. The van der Waals surface area contributed by atoms with Crippen LogP contribution in [0.3, 0.4) is 0 Å². The van der Waals surface area contributed by atoms with Crippen LogP contribution in [0.1, 0.15) is 12.8 Å². The van der Waals surface area contributed by atoms with Crippen molar-refractivity contribution < 1.29 is 8.78 Å². The molecule has 0 amide bonds. The first kappa shape index (κ1) is 8.28. The Kier molecular flexibility index (Phi) is 1.82. The highest BCUT2D eigenvalue weighted by atomic mass is 19.3. The lowest BCUT2D eigenvalue weighted by molar-refractivity contribution is 0.0990. The van der Waals surface area contributed by atoms with Gasteiger partial charge in [-0.3, -0.25) is 0 Å². The summed E-state index contributed by atoms with van der Waals surface area (Å²) in [6.07, 6.45) is 2.71. The van der Waals surface area contributed by atoms with Crippen LogP contribution >= 0.6 is 0 Å². The molecule has 0 saturated heterocycles. The molecule has 70 valence electrons. The van der Waals surface area contributed by atoms with Gasteiger partial charge in [-0.05, 0) is 12.8 Å². The summed E-state index contributed by atoms with van der Waals surface area (Å²) in [6, 6.07) is 0. The summed E-state index contributed by atoms with van der Waals surface area (Å²) in [5.74, 6) is 0. The maximum Gasteiger partial charge on any atom is 0.249 e. The molecular formula is C7H8F2N4.